The molecule has 0 bridgehead atoms. The molecule has 2 N–H and O–H groups in total. The number of methoxy groups -OCH3 is 1. The first kappa shape index (κ1) is 16.6. The zero-order valence-corrected chi connectivity index (χ0v) is 15.2. The molecule has 0 unspecified atom stereocenters. The van der Waals surface area contributed by atoms with Gasteiger partial charge in [0.05, 0.1) is 7.11 Å². The van der Waals surface area contributed by atoms with Crippen LogP contribution in [-0.4, -0.2) is 17.2 Å². The summed E-state index contributed by atoms with van der Waals surface area (Å²) in [6.07, 6.45) is 0. The van der Waals surface area contributed by atoms with Gasteiger partial charge in [-0.3, -0.25) is 0 Å². The predicted octanol–water partition coefficient (Wildman–Crippen LogP) is 4.25. The number of nitrogens with zero attached hydrogens (tertiary/aromatic N) is 2. The predicted molar refractivity (Wildman–Crippen MR) is 104 cm³/mol. The van der Waals surface area contributed by atoms with Crippen LogP contribution < -0.4 is 20.2 Å². The quantitative estimate of drug-likeness (QED) is 0.528. The molecule has 3 rings (SSSR count). The van der Waals surface area contributed by atoms with Gasteiger partial charge >= 0.3 is 0 Å². The van der Waals surface area contributed by atoms with E-state index in [0.717, 1.165) is 22.3 Å². The lowest BCUT2D eigenvalue weighted by molar-refractivity contribution is 0.415. The van der Waals surface area contributed by atoms with Crippen molar-refractivity contribution in [3.8, 4) is 5.75 Å². The van der Waals surface area contributed by atoms with Crippen LogP contribution in [0, 0.1) is 0 Å². The molecule has 122 valence electrons. The second-order valence-corrected chi connectivity index (χ2v) is 7.10. The molecule has 0 aliphatic heterocycles. The summed E-state index contributed by atoms with van der Waals surface area (Å²) in [4.78, 5) is 9.37. The number of anilines is 3. The van der Waals surface area contributed by atoms with Gasteiger partial charge in [-0.1, -0.05) is 18.2 Å². The first-order chi connectivity index (χ1) is 11.7. The van der Waals surface area contributed by atoms with Gasteiger partial charge in [0, 0.05) is 11.4 Å². The third-order valence-corrected chi connectivity index (χ3v) is 5.09. The summed E-state index contributed by atoms with van der Waals surface area (Å²) in [5.41, 5.74) is 1.84. The summed E-state index contributed by atoms with van der Waals surface area (Å²) in [6.45, 7) is 0. The van der Waals surface area contributed by atoms with E-state index in [0.29, 0.717) is 9.91 Å². The number of rotatable bonds is 4. The van der Waals surface area contributed by atoms with Crippen LogP contribution >= 0.6 is 32.9 Å². The Hall–Kier alpha value is -2.29. The van der Waals surface area contributed by atoms with Crippen LogP contribution in [0.25, 0.3) is 0 Å². The van der Waals surface area contributed by atoms with Crippen molar-refractivity contribution in [3.05, 3.63) is 59.4 Å². The normalized spacial score (nSPS) is 11.1. The topological polar surface area (TPSA) is 58.5 Å². The first-order valence-electron chi connectivity index (χ1n) is 7.02. The summed E-state index contributed by atoms with van der Waals surface area (Å²) in [6, 6.07) is 17.4. The fraction of sp³-hybridized carbons (Fsp3) is 0.0625. The molecule has 5 nitrogen and oxygen atoms in total. The van der Waals surface area contributed by atoms with Crippen LogP contribution in [0.1, 0.15) is 0 Å². The molecule has 0 spiro atoms. The van der Waals surface area contributed by atoms with Gasteiger partial charge in [0.2, 0.25) is 4.80 Å². The summed E-state index contributed by atoms with van der Waals surface area (Å²) < 4.78 is 5.12. The third-order valence-electron chi connectivity index (χ3n) is 2.96. The Morgan fingerprint density at radius 2 is 1.79 bits per heavy atom. The highest BCUT2D eigenvalue weighted by Crippen LogP contribution is 2.19. The molecule has 0 aliphatic carbocycles. The third kappa shape index (κ3) is 4.60. The molecule has 0 saturated heterocycles. The zero-order valence-electron chi connectivity index (χ0n) is 12.7. The van der Waals surface area contributed by atoms with Crippen LogP contribution in [0.3, 0.4) is 0 Å². The molecule has 0 amide bonds. The minimum absolute atomic E-state index is 0.368. The molecule has 1 heterocycles. The largest absolute Gasteiger partial charge is 0.497 e. The SMILES string of the molecule is COc1ccc(NC(=S)/N=c2\nc(Nc3ccccc3)ss2)cc1. The maximum atomic E-state index is 5.26. The second-order valence-electron chi connectivity index (χ2n) is 4.63. The van der Waals surface area contributed by atoms with Gasteiger partial charge in [-0.15, -0.1) is 0 Å². The van der Waals surface area contributed by atoms with Gasteiger partial charge in [0.1, 0.15) is 5.75 Å². The lowest BCUT2D eigenvalue weighted by Gasteiger charge is -2.04. The molecular weight excluding hydrogens is 360 g/mol. The van der Waals surface area contributed by atoms with Crippen molar-refractivity contribution in [2.24, 2.45) is 4.99 Å². The number of thiocarbonyl (C=S) groups is 1. The maximum Gasteiger partial charge on any atom is 0.224 e. The zero-order chi connectivity index (χ0) is 16.8. The Morgan fingerprint density at radius 1 is 1.04 bits per heavy atom. The Bertz CT molecular complexity index is 872. The van der Waals surface area contributed by atoms with Gasteiger partial charge in [-0.25, -0.2) is 0 Å². The molecule has 1 aromatic heterocycles. The van der Waals surface area contributed by atoms with Gasteiger partial charge in [-0.05, 0) is 69.3 Å². The van der Waals surface area contributed by atoms with E-state index in [2.05, 4.69) is 20.6 Å². The monoisotopic (exact) mass is 374 g/mol. The standard InChI is InChI=1S/C16H14N4OS3/c1-21-13-9-7-12(8-10-13)17-14(22)19-16-20-15(23-24-16)18-11-5-3-2-4-6-11/h2-10H,1H3,(H2,17,18,19,20,22). The molecule has 2 aromatic carbocycles. The van der Waals surface area contributed by atoms with E-state index >= 15 is 0 Å². The van der Waals surface area contributed by atoms with Crippen molar-refractivity contribution in [1.82, 2.24) is 4.98 Å². The molecule has 3 aromatic rings. The number of hydrogen-bond acceptors (Lipinski definition) is 6. The van der Waals surface area contributed by atoms with Gasteiger partial charge in [0.25, 0.3) is 0 Å². The van der Waals surface area contributed by atoms with Crippen molar-refractivity contribution in [3.63, 3.8) is 0 Å². The molecule has 0 fully saturated rings. The molecular formula is C16H14N4OS3. The Labute approximate surface area is 152 Å². The highest BCUT2D eigenvalue weighted by atomic mass is 32.9. The summed E-state index contributed by atoms with van der Waals surface area (Å²) in [5.74, 6) is 0.793. The fourth-order valence-corrected chi connectivity index (χ4v) is 3.79. The number of hydrogen-bond donors (Lipinski definition) is 2. The molecule has 24 heavy (non-hydrogen) atoms. The molecule has 0 aliphatic rings. The molecule has 0 radical (unpaired) electrons. The number of nitrogens with one attached hydrogen (secondary N) is 2. The van der Waals surface area contributed by atoms with Crippen molar-refractivity contribution in [2.75, 3.05) is 17.7 Å². The minimum atomic E-state index is 0.368. The maximum absolute atomic E-state index is 5.26. The highest BCUT2D eigenvalue weighted by molar-refractivity contribution is 7.80. The average molecular weight is 375 g/mol. The van der Waals surface area contributed by atoms with Crippen molar-refractivity contribution >= 4 is 54.5 Å². The van der Waals surface area contributed by atoms with Crippen LogP contribution in [0.15, 0.2) is 59.6 Å². The van der Waals surface area contributed by atoms with Crippen LogP contribution in [-0.2, 0) is 0 Å². The number of para-hydroxylation sites is 1. The molecule has 8 heteroatoms. The van der Waals surface area contributed by atoms with Gasteiger partial charge in [0.15, 0.2) is 10.2 Å². The summed E-state index contributed by atoms with van der Waals surface area (Å²) in [5, 5.41) is 7.46. The van der Waals surface area contributed by atoms with E-state index in [1.807, 2.05) is 54.6 Å². The smallest absolute Gasteiger partial charge is 0.224 e. The van der Waals surface area contributed by atoms with Crippen LogP contribution in [0.4, 0.5) is 16.5 Å². The van der Waals surface area contributed by atoms with Crippen molar-refractivity contribution in [2.45, 2.75) is 0 Å². The molecule has 0 saturated carbocycles. The second kappa shape index (κ2) is 8.00. The molecule has 0 atom stereocenters. The highest BCUT2D eigenvalue weighted by Gasteiger charge is 2.01. The van der Waals surface area contributed by atoms with E-state index in [4.69, 9.17) is 17.0 Å². The Morgan fingerprint density at radius 3 is 2.50 bits per heavy atom. The number of benzene rings is 2. The van der Waals surface area contributed by atoms with E-state index in [1.54, 1.807) is 7.11 Å². The van der Waals surface area contributed by atoms with Gasteiger partial charge < -0.3 is 15.4 Å². The van der Waals surface area contributed by atoms with Crippen molar-refractivity contribution < 1.29 is 4.74 Å². The lowest BCUT2D eigenvalue weighted by Crippen LogP contribution is -2.11. The van der Waals surface area contributed by atoms with E-state index < -0.39 is 0 Å². The lowest BCUT2D eigenvalue weighted by atomic mass is 10.3. The first-order valence-corrected chi connectivity index (χ1v) is 9.58. The van der Waals surface area contributed by atoms with Crippen molar-refractivity contribution in [1.29, 1.82) is 0 Å². The Kier molecular flexibility index (Phi) is 5.52. The summed E-state index contributed by atoms with van der Waals surface area (Å²) >= 11 is 5.26. The minimum Gasteiger partial charge on any atom is -0.497 e. The van der Waals surface area contributed by atoms with E-state index in [-0.39, 0.29) is 0 Å². The van der Waals surface area contributed by atoms with Gasteiger partial charge in [-0.2, -0.15) is 9.98 Å². The average Bonchev–Trinajstić information content (AvgIpc) is 3.03. The number of aromatic nitrogens is 1. The fourth-order valence-electron chi connectivity index (χ4n) is 1.85. The van der Waals surface area contributed by atoms with Crippen LogP contribution in [0.5, 0.6) is 5.75 Å². The van der Waals surface area contributed by atoms with Crippen LogP contribution in [0.2, 0.25) is 0 Å². The summed E-state index contributed by atoms with van der Waals surface area (Å²) in [7, 11) is 4.62. The van der Waals surface area contributed by atoms with E-state index in [1.165, 1.54) is 20.7 Å². The number of ether oxygens (including phenoxy) is 1. The van der Waals surface area contributed by atoms with E-state index in [9.17, 15) is 0 Å². The Balaban J connectivity index is 1.66.